The van der Waals surface area contributed by atoms with Gasteiger partial charge in [-0.05, 0) is 22.0 Å². The minimum absolute atomic E-state index is 0.274. The molecule has 3 aromatic rings. The third-order valence-corrected chi connectivity index (χ3v) is 4.00. The Morgan fingerprint density at radius 3 is 2.16 bits per heavy atom. The number of carbonyl (C=O) groups is 2. The Morgan fingerprint density at radius 1 is 0.880 bits per heavy atom. The summed E-state index contributed by atoms with van der Waals surface area (Å²) in [6.07, 6.45) is 1.96. The van der Waals surface area contributed by atoms with Gasteiger partial charge in [0.25, 0.3) is 0 Å². The van der Waals surface area contributed by atoms with Crippen molar-refractivity contribution >= 4 is 27.7 Å². The fourth-order valence-corrected chi connectivity index (χ4v) is 2.72. The number of ether oxygens (including phenoxy) is 1. The van der Waals surface area contributed by atoms with Crippen LogP contribution < -0.4 is 0 Å². The molecule has 0 aliphatic rings. The summed E-state index contributed by atoms with van der Waals surface area (Å²) >= 11 is 3.27. The highest BCUT2D eigenvalue weighted by atomic mass is 79.9. The van der Waals surface area contributed by atoms with Crippen LogP contribution in [0.25, 0.3) is 0 Å². The first-order chi connectivity index (χ1) is 12.1. The second-order valence-electron chi connectivity index (χ2n) is 5.32. The number of esters is 1. The lowest BCUT2D eigenvalue weighted by atomic mass is 10.00. The van der Waals surface area contributed by atoms with E-state index in [1.807, 2.05) is 12.1 Å². The number of halogens is 1. The minimum Gasteiger partial charge on any atom is -0.445 e. The molecule has 0 amide bonds. The first-order valence-electron chi connectivity index (χ1n) is 7.61. The van der Waals surface area contributed by atoms with Crippen LogP contribution in [0.3, 0.4) is 0 Å². The molecule has 4 nitrogen and oxygen atoms in total. The summed E-state index contributed by atoms with van der Waals surface area (Å²) in [6, 6.07) is 19.3. The van der Waals surface area contributed by atoms with Gasteiger partial charge in [-0.1, -0.05) is 60.7 Å². The standard InChI is InChI=1S/C20H14BrNO3/c21-17-11-16(12-22-13-17)20(24)25-19(15-9-5-2-6-10-15)18(23)14-7-3-1-4-8-14/h1-13,19H/t19-/m0/s1. The molecule has 3 rings (SSSR count). The van der Waals surface area contributed by atoms with Crippen LogP contribution in [0.15, 0.2) is 83.6 Å². The first kappa shape index (κ1) is 17.0. The van der Waals surface area contributed by atoms with Gasteiger partial charge in [-0.2, -0.15) is 0 Å². The molecule has 0 radical (unpaired) electrons. The maximum Gasteiger partial charge on any atom is 0.340 e. The average Bonchev–Trinajstić information content (AvgIpc) is 2.67. The number of nitrogens with zero attached hydrogens (tertiary/aromatic N) is 1. The number of rotatable bonds is 5. The summed E-state index contributed by atoms with van der Waals surface area (Å²) in [5.41, 5.74) is 1.38. The van der Waals surface area contributed by atoms with Gasteiger partial charge >= 0.3 is 5.97 Å². The SMILES string of the molecule is O=C(O[C@H](C(=O)c1ccccc1)c1ccccc1)c1cncc(Br)c1. The number of hydrogen-bond donors (Lipinski definition) is 0. The summed E-state index contributed by atoms with van der Waals surface area (Å²) in [5.74, 6) is -0.880. The second-order valence-corrected chi connectivity index (χ2v) is 6.23. The summed E-state index contributed by atoms with van der Waals surface area (Å²) in [5, 5.41) is 0. The number of carbonyl (C=O) groups excluding carboxylic acids is 2. The number of aromatic nitrogens is 1. The summed E-state index contributed by atoms with van der Waals surface area (Å²) in [7, 11) is 0. The molecule has 0 aliphatic carbocycles. The highest BCUT2D eigenvalue weighted by Crippen LogP contribution is 2.24. The maximum absolute atomic E-state index is 12.9. The van der Waals surface area contributed by atoms with E-state index in [0.717, 1.165) is 0 Å². The quantitative estimate of drug-likeness (QED) is 0.466. The van der Waals surface area contributed by atoms with Crippen LogP contribution in [-0.4, -0.2) is 16.7 Å². The Labute approximate surface area is 153 Å². The molecular formula is C20H14BrNO3. The zero-order chi connectivity index (χ0) is 17.6. The van der Waals surface area contributed by atoms with E-state index in [0.29, 0.717) is 15.6 Å². The van der Waals surface area contributed by atoms with Crippen LogP contribution in [0.4, 0.5) is 0 Å². The van der Waals surface area contributed by atoms with Crippen molar-refractivity contribution in [2.45, 2.75) is 6.10 Å². The molecule has 0 fully saturated rings. The molecule has 124 valence electrons. The van der Waals surface area contributed by atoms with Gasteiger partial charge in [0.05, 0.1) is 5.56 Å². The molecule has 1 heterocycles. The van der Waals surface area contributed by atoms with Crippen LogP contribution in [0.2, 0.25) is 0 Å². The molecule has 0 spiro atoms. The lowest BCUT2D eigenvalue weighted by Gasteiger charge is -2.17. The summed E-state index contributed by atoms with van der Waals surface area (Å²) in [6.45, 7) is 0. The third-order valence-electron chi connectivity index (χ3n) is 3.56. The molecule has 2 aromatic carbocycles. The fraction of sp³-hybridized carbons (Fsp3) is 0.0500. The molecule has 1 atom stereocenters. The highest BCUT2D eigenvalue weighted by molar-refractivity contribution is 9.10. The maximum atomic E-state index is 12.9. The van der Waals surface area contributed by atoms with Crippen molar-refractivity contribution in [2.24, 2.45) is 0 Å². The van der Waals surface area contributed by atoms with Crippen molar-refractivity contribution in [1.82, 2.24) is 4.98 Å². The molecule has 0 bridgehead atoms. The lowest BCUT2D eigenvalue weighted by Crippen LogP contribution is -2.20. The van der Waals surface area contributed by atoms with Gasteiger partial charge in [-0.3, -0.25) is 9.78 Å². The Bertz CT molecular complexity index is 882. The van der Waals surface area contributed by atoms with Gasteiger partial charge in [0.1, 0.15) is 0 Å². The molecule has 25 heavy (non-hydrogen) atoms. The number of pyridine rings is 1. The first-order valence-corrected chi connectivity index (χ1v) is 8.40. The molecule has 0 saturated heterocycles. The zero-order valence-electron chi connectivity index (χ0n) is 13.1. The van der Waals surface area contributed by atoms with Gasteiger partial charge in [-0.15, -0.1) is 0 Å². The number of ketones is 1. The van der Waals surface area contributed by atoms with Crippen molar-refractivity contribution in [2.75, 3.05) is 0 Å². The normalized spacial score (nSPS) is 11.6. The molecule has 5 heteroatoms. The summed E-state index contributed by atoms with van der Waals surface area (Å²) in [4.78, 5) is 29.3. The highest BCUT2D eigenvalue weighted by Gasteiger charge is 2.26. The lowest BCUT2D eigenvalue weighted by molar-refractivity contribution is 0.0279. The van der Waals surface area contributed by atoms with Gasteiger partial charge in [-0.25, -0.2) is 4.79 Å². The molecule has 0 aliphatic heterocycles. The smallest absolute Gasteiger partial charge is 0.340 e. The van der Waals surface area contributed by atoms with E-state index in [1.165, 1.54) is 6.20 Å². The van der Waals surface area contributed by atoms with Crippen LogP contribution in [-0.2, 0) is 4.74 Å². The third kappa shape index (κ3) is 4.19. The Hall–Kier alpha value is -2.79. The summed E-state index contributed by atoms with van der Waals surface area (Å²) < 4.78 is 6.20. The number of hydrogen-bond acceptors (Lipinski definition) is 4. The number of benzene rings is 2. The molecule has 1 aromatic heterocycles. The van der Waals surface area contributed by atoms with E-state index in [-0.39, 0.29) is 11.3 Å². The van der Waals surface area contributed by atoms with Crippen molar-refractivity contribution in [3.63, 3.8) is 0 Å². The minimum atomic E-state index is -1.02. The van der Waals surface area contributed by atoms with Crippen LogP contribution in [0.5, 0.6) is 0 Å². The average molecular weight is 396 g/mol. The van der Waals surface area contributed by atoms with E-state index < -0.39 is 12.1 Å². The molecular weight excluding hydrogens is 382 g/mol. The molecule has 0 saturated carbocycles. The van der Waals surface area contributed by atoms with E-state index >= 15 is 0 Å². The van der Waals surface area contributed by atoms with E-state index in [9.17, 15) is 9.59 Å². The van der Waals surface area contributed by atoms with Gasteiger partial charge in [0, 0.05) is 28.0 Å². The predicted octanol–water partition coefficient (Wildman–Crippen LogP) is 4.63. The van der Waals surface area contributed by atoms with Gasteiger partial charge in [0.15, 0.2) is 6.10 Å². The van der Waals surface area contributed by atoms with Crippen molar-refractivity contribution < 1.29 is 14.3 Å². The van der Waals surface area contributed by atoms with E-state index in [4.69, 9.17) is 4.74 Å². The predicted molar refractivity (Wildman–Crippen MR) is 97.3 cm³/mol. The monoisotopic (exact) mass is 395 g/mol. The van der Waals surface area contributed by atoms with Crippen LogP contribution in [0.1, 0.15) is 32.4 Å². The topological polar surface area (TPSA) is 56.3 Å². The molecule has 0 unspecified atom stereocenters. The van der Waals surface area contributed by atoms with E-state index in [1.54, 1.807) is 60.8 Å². The number of Topliss-reactive ketones (excluding diaryl/α,β-unsaturated/α-hetero) is 1. The van der Waals surface area contributed by atoms with Crippen molar-refractivity contribution in [1.29, 1.82) is 0 Å². The second kappa shape index (κ2) is 7.85. The fourth-order valence-electron chi connectivity index (χ4n) is 2.35. The van der Waals surface area contributed by atoms with Crippen molar-refractivity contribution in [3.8, 4) is 0 Å². The van der Waals surface area contributed by atoms with Gasteiger partial charge < -0.3 is 4.74 Å². The Morgan fingerprint density at radius 2 is 1.52 bits per heavy atom. The van der Waals surface area contributed by atoms with Crippen molar-refractivity contribution in [3.05, 3.63) is 100 Å². The van der Waals surface area contributed by atoms with Crippen LogP contribution >= 0.6 is 15.9 Å². The molecule has 0 N–H and O–H groups in total. The Balaban J connectivity index is 1.92. The Kier molecular flexibility index (Phi) is 5.36. The van der Waals surface area contributed by atoms with Gasteiger partial charge in [0.2, 0.25) is 5.78 Å². The zero-order valence-corrected chi connectivity index (χ0v) is 14.7. The largest absolute Gasteiger partial charge is 0.445 e. The van der Waals surface area contributed by atoms with Crippen LogP contribution in [0, 0.1) is 0 Å². The van der Waals surface area contributed by atoms with E-state index in [2.05, 4.69) is 20.9 Å².